The lowest BCUT2D eigenvalue weighted by atomic mass is 9.67. The molecule has 1 aliphatic heterocycles. The van der Waals surface area contributed by atoms with E-state index in [1.807, 2.05) is 30.0 Å². The van der Waals surface area contributed by atoms with Gasteiger partial charge in [-0.2, -0.15) is 0 Å². The summed E-state index contributed by atoms with van der Waals surface area (Å²) < 4.78 is 0. The van der Waals surface area contributed by atoms with Crippen LogP contribution < -0.4 is 0 Å². The third-order valence-corrected chi connectivity index (χ3v) is 14.3. The standard InChI is InChI=1S/C60H37N3S/c1-3-16-38(17-4-1)42-20-15-21-43(36-42)53-37-52(62-59(63-53)41-18-5-2-6-19-41)39-30-32-40(33-31-39)58-46-34-35-50-57(56(46)45-23-8-12-27-51(45)61-58)44-22-7-9-24-47(44)60(50)48-25-10-13-28-54(48)64-55-29-14-11-26-49(55)60/h1-37H. The summed E-state index contributed by atoms with van der Waals surface area (Å²) in [5.41, 5.74) is 17.5. The van der Waals surface area contributed by atoms with E-state index >= 15 is 0 Å². The molecule has 1 aliphatic carbocycles. The van der Waals surface area contributed by atoms with E-state index in [2.05, 4.69) is 206 Å². The number of aromatic nitrogens is 3. The van der Waals surface area contributed by atoms with Gasteiger partial charge in [0.05, 0.1) is 28.0 Å². The lowest BCUT2D eigenvalue weighted by Crippen LogP contribution is -2.31. The van der Waals surface area contributed by atoms with Gasteiger partial charge in [0.15, 0.2) is 5.82 Å². The largest absolute Gasteiger partial charge is 0.247 e. The molecule has 0 amide bonds. The fourth-order valence-corrected chi connectivity index (χ4v) is 11.5. The molecular weight excluding hydrogens is 795 g/mol. The predicted octanol–water partition coefficient (Wildman–Crippen LogP) is 15.3. The van der Waals surface area contributed by atoms with Crippen molar-refractivity contribution in [2.24, 2.45) is 0 Å². The molecular formula is C60H37N3S. The van der Waals surface area contributed by atoms with E-state index < -0.39 is 5.41 Å². The summed E-state index contributed by atoms with van der Waals surface area (Å²) in [5, 5.41) is 3.54. The SMILES string of the molecule is c1ccc(-c2cccc(-c3cc(-c4ccc(-c5nc6ccccc6c6c7c(ccc56)C5(c6ccccc6Sc6ccccc65)c5ccccc5-7)cc4)nc(-c4ccccc4)n3)c2)cc1. The normalized spacial score (nSPS) is 13.1. The van der Waals surface area contributed by atoms with Crippen molar-refractivity contribution in [3.8, 4) is 67.4 Å². The van der Waals surface area contributed by atoms with E-state index in [1.165, 1.54) is 54.1 Å². The highest BCUT2D eigenvalue weighted by Gasteiger charge is 2.50. The molecule has 0 atom stereocenters. The Balaban J connectivity index is 0.990. The van der Waals surface area contributed by atoms with E-state index in [9.17, 15) is 0 Å². The number of pyridine rings is 1. The maximum Gasteiger partial charge on any atom is 0.160 e. The average Bonchev–Trinajstić information content (AvgIpc) is 3.67. The molecule has 9 aromatic carbocycles. The average molecular weight is 832 g/mol. The van der Waals surface area contributed by atoms with Gasteiger partial charge in [-0.3, -0.25) is 0 Å². The molecule has 0 saturated carbocycles. The molecule has 298 valence electrons. The number of rotatable bonds is 5. The lowest BCUT2D eigenvalue weighted by Gasteiger charge is -2.39. The van der Waals surface area contributed by atoms with Crippen molar-refractivity contribution in [1.82, 2.24) is 15.0 Å². The summed E-state index contributed by atoms with van der Waals surface area (Å²) in [4.78, 5) is 18.4. The van der Waals surface area contributed by atoms with Crippen molar-refractivity contribution in [2.75, 3.05) is 0 Å². The molecule has 4 heteroatoms. The van der Waals surface area contributed by atoms with E-state index in [-0.39, 0.29) is 0 Å². The minimum Gasteiger partial charge on any atom is -0.247 e. The zero-order chi connectivity index (χ0) is 42.2. The first kappa shape index (κ1) is 36.7. The van der Waals surface area contributed by atoms with Gasteiger partial charge in [-0.1, -0.05) is 206 Å². The molecule has 0 radical (unpaired) electrons. The summed E-state index contributed by atoms with van der Waals surface area (Å²) in [6.07, 6.45) is 0. The molecule has 13 rings (SSSR count). The summed E-state index contributed by atoms with van der Waals surface area (Å²) in [7, 11) is 0. The Kier molecular flexibility index (Phi) is 8.37. The topological polar surface area (TPSA) is 38.7 Å². The summed E-state index contributed by atoms with van der Waals surface area (Å²) in [5.74, 6) is 0.693. The molecule has 11 aromatic rings. The van der Waals surface area contributed by atoms with Gasteiger partial charge < -0.3 is 0 Å². The second-order valence-corrected chi connectivity index (χ2v) is 17.7. The molecule has 0 unspecified atom stereocenters. The number of benzene rings is 9. The quantitative estimate of drug-likeness (QED) is 0.162. The van der Waals surface area contributed by atoms with Crippen molar-refractivity contribution in [1.29, 1.82) is 0 Å². The van der Waals surface area contributed by atoms with Gasteiger partial charge in [-0.05, 0) is 74.8 Å². The smallest absolute Gasteiger partial charge is 0.160 e. The predicted molar refractivity (Wildman–Crippen MR) is 263 cm³/mol. The Hall–Kier alpha value is -7.92. The van der Waals surface area contributed by atoms with Crippen molar-refractivity contribution >= 4 is 33.4 Å². The number of fused-ring (bicyclic) bond motifs is 13. The second kappa shape index (κ2) is 14.6. The molecule has 1 spiro atoms. The number of nitrogens with zero attached hydrogens (tertiary/aromatic N) is 3. The van der Waals surface area contributed by atoms with Gasteiger partial charge in [0.2, 0.25) is 0 Å². The maximum atomic E-state index is 5.45. The third-order valence-electron chi connectivity index (χ3n) is 13.2. The number of para-hydroxylation sites is 1. The van der Waals surface area contributed by atoms with Crippen molar-refractivity contribution in [3.05, 3.63) is 247 Å². The van der Waals surface area contributed by atoms with Gasteiger partial charge in [0, 0.05) is 48.2 Å². The van der Waals surface area contributed by atoms with Gasteiger partial charge in [-0.25, -0.2) is 15.0 Å². The maximum absolute atomic E-state index is 5.45. The third kappa shape index (κ3) is 5.59. The van der Waals surface area contributed by atoms with Crippen LogP contribution >= 0.6 is 11.8 Å². The molecule has 0 bridgehead atoms. The minimum atomic E-state index is -0.456. The Bertz CT molecular complexity index is 3590. The first-order chi connectivity index (χ1) is 31.7. The summed E-state index contributed by atoms with van der Waals surface area (Å²) >= 11 is 1.88. The molecule has 0 saturated heterocycles. The van der Waals surface area contributed by atoms with Crippen LogP contribution in [0.15, 0.2) is 234 Å². The summed E-state index contributed by atoms with van der Waals surface area (Å²) in [6, 6.07) is 80.7. The zero-order valence-electron chi connectivity index (χ0n) is 34.6. The van der Waals surface area contributed by atoms with Crippen LogP contribution in [0.25, 0.3) is 89.1 Å². The molecule has 0 N–H and O–H groups in total. The Morgan fingerprint density at radius 1 is 0.344 bits per heavy atom. The Morgan fingerprint density at radius 2 is 0.922 bits per heavy atom. The molecule has 2 aromatic heterocycles. The minimum absolute atomic E-state index is 0.456. The molecule has 0 fully saturated rings. The number of hydrogen-bond acceptors (Lipinski definition) is 4. The van der Waals surface area contributed by atoms with Crippen molar-refractivity contribution in [2.45, 2.75) is 15.2 Å². The van der Waals surface area contributed by atoms with Crippen LogP contribution in [-0.4, -0.2) is 15.0 Å². The van der Waals surface area contributed by atoms with E-state index in [4.69, 9.17) is 15.0 Å². The van der Waals surface area contributed by atoms with Crippen LogP contribution in [0.1, 0.15) is 22.3 Å². The van der Waals surface area contributed by atoms with Crippen LogP contribution in [0.3, 0.4) is 0 Å². The van der Waals surface area contributed by atoms with E-state index in [1.54, 1.807) is 0 Å². The molecule has 2 aliphatic rings. The molecule has 3 nitrogen and oxygen atoms in total. The highest BCUT2D eigenvalue weighted by molar-refractivity contribution is 7.99. The van der Waals surface area contributed by atoms with Crippen LogP contribution in [-0.2, 0) is 5.41 Å². The first-order valence-electron chi connectivity index (χ1n) is 21.8. The zero-order valence-corrected chi connectivity index (χ0v) is 35.4. The van der Waals surface area contributed by atoms with Crippen LogP contribution in [0.2, 0.25) is 0 Å². The fraction of sp³-hybridized carbons (Fsp3) is 0.0167. The fourth-order valence-electron chi connectivity index (χ4n) is 10.4. The Morgan fingerprint density at radius 3 is 1.67 bits per heavy atom. The van der Waals surface area contributed by atoms with Gasteiger partial charge in [0.25, 0.3) is 0 Å². The molecule has 64 heavy (non-hydrogen) atoms. The monoisotopic (exact) mass is 831 g/mol. The van der Waals surface area contributed by atoms with Gasteiger partial charge in [-0.15, -0.1) is 0 Å². The van der Waals surface area contributed by atoms with Crippen LogP contribution in [0.4, 0.5) is 0 Å². The van der Waals surface area contributed by atoms with Crippen molar-refractivity contribution in [3.63, 3.8) is 0 Å². The number of hydrogen-bond donors (Lipinski definition) is 0. The lowest BCUT2D eigenvalue weighted by molar-refractivity contribution is 0.723. The highest BCUT2D eigenvalue weighted by atomic mass is 32.2. The summed E-state index contributed by atoms with van der Waals surface area (Å²) in [6.45, 7) is 0. The van der Waals surface area contributed by atoms with Crippen LogP contribution in [0.5, 0.6) is 0 Å². The van der Waals surface area contributed by atoms with Crippen molar-refractivity contribution < 1.29 is 0 Å². The van der Waals surface area contributed by atoms with Gasteiger partial charge in [0.1, 0.15) is 0 Å². The second-order valence-electron chi connectivity index (χ2n) is 16.6. The van der Waals surface area contributed by atoms with E-state index in [0.29, 0.717) is 5.82 Å². The van der Waals surface area contributed by atoms with E-state index in [0.717, 1.165) is 61.2 Å². The first-order valence-corrected chi connectivity index (χ1v) is 22.6. The Labute approximate surface area is 375 Å². The molecule has 3 heterocycles. The highest BCUT2D eigenvalue weighted by Crippen LogP contribution is 2.63. The van der Waals surface area contributed by atoms with Crippen LogP contribution in [0, 0.1) is 0 Å². The van der Waals surface area contributed by atoms with Gasteiger partial charge >= 0.3 is 0 Å².